The van der Waals surface area contributed by atoms with Crippen molar-refractivity contribution in [2.45, 2.75) is 219 Å². The number of cyclic esters (lactones) is 1. The van der Waals surface area contributed by atoms with Gasteiger partial charge in [-0.25, -0.2) is 4.79 Å². The molecule has 98 heavy (non-hydrogen) atoms. The van der Waals surface area contributed by atoms with Crippen molar-refractivity contribution >= 4 is 29.2 Å². The van der Waals surface area contributed by atoms with Gasteiger partial charge in [-0.15, -0.1) is 0 Å². The van der Waals surface area contributed by atoms with E-state index in [0.717, 1.165) is 61.4 Å². The molecular weight excluding hydrogens is 1250 g/mol. The summed E-state index contributed by atoms with van der Waals surface area (Å²) < 4.78 is 50.9. The third-order valence-electron chi connectivity index (χ3n) is 20.9. The summed E-state index contributed by atoms with van der Waals surface area (Å²) in [7, 11) is 13.2. The van der Waals surface area contributed by atoms with Crippen molar-refractivity contribution in [1.82, 2.24) is 9.80 Å². The Balaban J connectivity index is 0.000000439. The number of fused-ring (bicyclic) bond motifs is 3. The van der Waals surface area contributed by atoms with Crippen molar-refractivity contribution in [2.75, 3.05) is 76.5 Å². The summed E-state index contributed by atoms with van der Waals surface area (Å²) in [5, 5.41) is 44.1. The predicted octanol–water partition coefficient (Wildman–Crippen LogP) is 11.3. The number of Topliss-reactive ketones (excluding diaryl/α,β-unsaturated/α-hetero) is 3. The predicted molar refractivity (Wildman–Crippen MR) is 377 cm³/mol. The maximum absolute atomic E-state index is 14.4. The van der Waals surface area contributed by atoms with Gasteiger partial charge in [0.1, 0.15) is 30.1 Å². The summed E-state index contributed by atoms with van der Waals surface area (Å²) in [5.41, 5.74) is 2.87. The quantitative estimate of drug-likeness (QED) is 0.0671. The molecule has 3 fully saturated rings. The molecular formula is C78H117N3O17. The lowest BCUT2D eigenvalue weighted by Gasteiger charge is -2.42. The standard InChI is InChI=1S/C51H79NO13.C27H38N2O4/c1-30-16-12-11-13-17-31(2)42(61-8)28-38-21-19-36(7)51(60,65-38)48(57)49(58)52-23-15-14-18-39(52)50(59)64-43(33(4)26-37-20-22-40(53)44(27-37)62-9)29-41(54)32(3)25-35(6)46(56)47(63-10)45(55)34(5)24-30;1-20(2)27(19-28,22-10-12-24(31-5)26(18-22)33-7)14-8-15-29(3)16-13-21-9-11-23(30-4)25(17-21)32-6/h11-13,16-17,25,30,32-34,36-40,42-44,46-47,53,56,60H,14-15,18-24,26-29H2,1-10H3;9-12,17-18,20H,8,13-16H2,1-7H3/b13-11+,16-12+,31-17+,35-25+;/t30-,32-,33-,34-,36-,37+,38+,39+,40-,42+,43+,44-,46-,47+,51-;/m1./s1. The lowest BCUT2D eigenvalue weighted by molar-refractivity contribution is -0.265. The van der Waals surface area contributed by atoms with Crippen LogP contribution < -0.4 is 18.9 Å². The molecule has 1 unspecified atom stereocenters. The molecule has 3 aliphatic heterocycles. The second-order valence-electron chi connectivity index (χ2n) is 28.2. The number of nitrogens with zero attached hydrogens (tertiary/aromatic N) is 3. The Labute approximate surface area is 584 Å². The Morgan fingerprint density at radius 1 is 0.765 bits per heavy atom. The summed E-state index contributed by atoms with van der Waals surface area (Å²) in [5.74, 6) is -4.97. The van der Waals surface area contributed by atoms with Gasteiger partial charge in [-0.05, 0) is 181 Å². The number of ketones is 3. The number of aliphatic hydroxyl groups is 3. The first kappa shape index (κ1) is 82.4. The van der Waals surface area contributed by atoms with Crippen LogP contribution in [0.3, 0.4) is 0 Å². The Morgan fingerprint density at radius 3 is 2.07 bits per heavy atom. The fourth-order valence-corrected chi connectivity index (χ4v) is 14.3. The fraction of sp³-hybridized carbons (Fsp3) is 0.667. The average molecular weight is 1370 g/mol. The van der Waals surface area contributed by atoms with Crippen LogP contribution in [0.4, 0.5) is 0 Å². The van der Waals surface area contributed by atoms with E-state index in [1.165, 1.54) is 17.6 Å². The highest BCUT2D eigenvalue weighted by molar-refractivity contribution is 6.39. The molecule has 20 nitrogen and oxygen atoms in total. The molecule has 20 heteroatoms. The van der Waals surface area contributed by atoms with E-state index in [-0.39, 0.29) is 60.7 Å². The first-order valence-corrected chi connectivity index (χ1v) is 35.3. The second-order valence-corrected chi connectivity index (χ2v) is 28.2. The molecule has 0 spiro atoms. The fourth-order valence-electron chi connectivity index (χ4n) is 14.3. The van der Waals surface area contributed by atoms with Crippen LogP contribution in [0, 0.1) is 52.8 Å². The molecule has 4 aliphatic rings. The molecule has 2 aromatic rings. The molecule has 1 aliphatic carbocycles. The van der Waals surface area contributed by atoms with Gasteiger partial charge >= 0.3 is 5.97 Å². The molecule has 546 valence electrons. The number of amides is 1. The van der Waals surface area contributed by atoms with Gasteiger partial charge in [-0.1, -0.05) is 97.1 Å². The topological polar surface area (TPSA) is 259 Å². The molecule has 2 aromatic carbocycles. The number of carbonyl (C=O) groups is 5. The second kappa shape index (κ2) is 39.6. The largest absolute Gasteiger partial charge is 0.493 e. The number of ether oxygens (including phenoxy) is 9. The Kier molecular flexibility index (Phi) is 33.3. The van der Waals surface area contributed by atoms with Gasteiger partial charge in [0.2, 0.25) is 5.79 Å². The van der Waals surface area contributed by atoms with E-state index in [1.807, 2.05) is 88.4 Å². The molecule has 1 amide bonds. The van der Waals surface area contributed by atoms with E-state index in [0.29, 0.717) is 74.9 Å². The maximum atomic E-state index is 14.4. The van der Waals surface area contributed by atoms with Crippen molar-refractivity contribution in [3.05, 3.63) is 95.1 Å². The summed E-state index contributed by atoms with van der Waals surface area (Å²) in [4.78, 5) is 74.1. The van der Waals surface area contributed by atoms with E-state index in [2.05, 4.69) is 37.9 Å². The Hall–Kier alpha value is -6.28. The smallest absolute Gasteiger partial charge is 0.329 e. The van der Waals surface area contributed by atoms with E-state index < -0.39 is 89.3 Å². The number of hydrogen-bond donors (Lipinski definition) is 3. The number of allylic oxidation sites excluding steroid dienone is 6. The van der Waals surface area contributed by atoms with Crippen molar-refractivity contribution in [1.29, 1.82) is 5.26 Å². The van der Waals surface area contributed by atoms with Crippen molar-refractivity contribution in [2.24, 2.45) is 41.4 Å². The van der Waals surface area contributed by atoms with E-state index in [9.17, 15) is 44.6 Å². The molecule has 3 heterocycles. The van der Waals surface area contributed by atoms with Crippen LogP contribution in [0.25, 0.3) is 0 Å². The Morgan fingerprint density at radius 2 is 1.44 bits per heavy atom. The lowest BCUT2D eigenvalue weighted by atomic mass is 9.69. The van der Waals surface area contributed by atoms with Crippen LogP contribution in [0.1, 0.15) is 163 Å². The number of piperidine rings is 1. The normalized spacial score (nSPS) is 31.1. The van der Waals surface area contributed by atoms with Gasteiger partial charge in [0, 0.05) is 65.0 Å². The molecule has 6 rings (SSSR count). The highest BCUT2D eigenvalue weighted by Gasteiger charge is 2.53. The number of hydrogen-bond acceptors (Lipinski definition) is 19. The third kappa shape index (κ3) is 22.1. The number of nitriles is 1. The average Bonchev–Trinajstić information content (AvgIpc) is 0.781. The number of rotatable bonds is 19. The zero-order valence-electron chi connectivity index (χ0n) is 61.7. The molecule has 1 saturated carbocycles. The molecule has 3 N–H and O–H groups in total. The highest BCUT2D eigenvalue weighted by atomic mass is 16.6. The number of benzene rings is 2. The Bertz CT molecular complexity index is 3080. The summed E-state index contributed by atoms with van der Waals surface area (Å²) in [6.45, 7) is 18.8. The van der Waals surface area contributed by atoms with Crippen molar-refractivity contribution < 1.29 is 81.9 Å². The van der Waals surface area contributed by atoms with Gasteiger partial charge < -0.3 is 67.8 Å². The molecule has 2 saturated heterocycles. The number of aliphatic hydroxyl groups excluding tert-OH is 2. The highest BCUT2D eigenvalue weighted by Crippen LogP contribution is 2.42. The van der Waals surface area contributed by atoms with E-state index in [4.69, 9.17) is 42.6 Å². The van der Waals surface area contributed by atoms with Gasteiger partial charge in [0.25, 0.3) is 11.7 Å². The molecule has 0 aromatic heterocycles. The minimum Gasteiger partial charge on any atom is -0.493 e. The monoisotopic (exact) mass is 1370 g/mol. The maximum Gasteiger partial charge on any atom is 0.329 e. The lowest BCUT2D eigenvalue weighted by Crippen LogP contribution is -2.61. The van der Waals surface area contributed by atoms with Crippen LogP contribution in [0.15, 0.2) is 84.0 Å². The van der Waals surface area contributed by atoms with Crippen molar-refractivity contribution in [3.63, 3.8) is 0 Å². The van der Waals surface area contributed by atoms with Crippen LogP contribution in [-0.2, 0) is 59.5 Å². The number of esters is 1. The summed E-state index contributed by atoms with van der Waals surface area (Å²) >= 11 is 0. The van der Waals surface area contributed by atoms with E-state index >= 15 is 0 Å². The third-order valence-corrected chi connectivity index (χ3v) is 20.9. The molecule has 16 atom stereocenters. The van der Waals surface area contributed by atoms with Gasteiger partial charge in [-0.2, -0.15) is 5.26 Å². The number of likely N-dealkylation sites (N-methyl/N-ethyl adjacent to an activating group) is 1. The SMILES string of the molecule is CO[C@H]1C[C@@H]2CC[C@@H](C)[C@@](O)(O2)C(=O)C(=O)N2CCCC[C@H]2C(=O)O[C@H]([C@H](C)C[C@@H]2CC[C@@H](O)[C@H](OC)C2)CC(=O)[C@H](C)/C=C(\C)[C@@H](O)[C@@H](OC)C(=O)[C@H](C)C[C@H](C)/C=C/C=C/C=C/1C.COc1ccc(CCN(C)CCCC(C#N)(c2ccc(OC)c(OC)c2)C(C)C)cc1OC. The van der Waals surface area contributed by atoms with Crippen LogP contribution >= 0.6 is 0 Å². The van der Waals surface area contributed by atoms with E-state index in [1.54, 1.807) is 69.5 Å². The first-order chi connectivity index (χ1) is 46.6. The van der Waals surface area contributed by atoms with Gasteiger partial charge in [0.15, 0.2) is 28.8 Å². The van der Waals surface area contributed by atoms with Crippen LogP contribution in [0.5, 0.6) is 23.0 Å². The zero-order valence-corrected chi connectivity index (χ0v) is 61.7. The molecule has 0 radical (unpaired) electrons. The van der Waals surface area contributed by atoms with Crippen LogP contribution in [0.2, 0.25) is 0 Å². The minimum absolute atomic E-state index is 0.0193. The first-order valence-electron chi connectivity index (χ1n) is 35.3. The molecule has 2 bridgehead atoms. The van der Waals surface area contributed by atoms with Crippen LogP contribution in [-0.4, -0.2) is 185 Å². The summed E-state index contributed by atoms with van der Waals surface area (Å²) in [6.07, 6.45) is 13.8. The summed E-state index contributed by atoms with van der Waals surface area (Å²) in [6, 6.07) is 13.4. The zero-order chi connectivity index (χ0) is 72.6. The number of methoxy groups -OCH3 is 7. The van der Waals surface area contributed by atoms with Gasteiger partial charge in [0.05, 0.1) is 64.3 Å². The number of carbonyl (C=O) groups excluding carboxylic acids is 5. The minimum atomic E-state index is -2.43. The van der Waals surface area contributed by atoms with Gasteiger partial charge in [-0.3, -0.25) is 19.2 Å². The van der Waals surface area contributed by atoms with Crippen molar-refractivity contribution in [3.8, 4) is 29.1 Å².